The number of thiocarbonyl (C=S) groups is 1. The molecule has 4 heterocycles. The van der Waals surface area contributed by atoms with Gasteiger partial charge in [-0.3, -0.25) is 24.6 Å². The number of para-hydroxylation sites is 3. The summed E-state index contributed by atoms with van der Waals surface area (Å²) >= 11 is 6.01. The van der Waals surface area contributed by atoms with E-state index in [2.05, 4.69) is 10.5 Å². The van der Waals surface area contributed by atoms with E-state index in [1.54, 1.807) is 80.4 Å². The van der Waals surface area contributed by atoms with Gasteiger partial charge >= 0.3 is 5.69 Å². The fourth-order valence-corrected chi connectivity index (χ4v) is 7.19. The van der Waals surface area contributed by atoms with Crippen molar-refractivity contribution in [1.82, 2.24) is 10.5 Å². The first-order valence-corrected chi connectivity index (χ1v) is 15.0. The van der Waals surface area contributed by atoms with Crippen molar-refractivity contribution in [1.29, 1.82) is 0 Å². The number of aromatic nitrogens is 1. The minimum Gasteiger partial charge on any atom is -0.397 e. The molecule has 7 rings (SSSR count). The van der Waals surface area contributed by atoms with Gasteiger partial charge < -0.3 is 25.0 Å². The molecule has 12 nitrogen and oxygen atoms in total. The molecule has 3 aromatic carbocycles. The van der Waals surface area contributed by atoms with Crippen LogP contribution in [0.1, 0.15) is 42.3 Å². The topological polar surface area (TPSA) is 162 Å². The number of nitro groups is 1. The van der Waals surface area contributed by atoms with Gasteiger partial charge in [0.25, 0.3) is 5.91 Å². The lowest BCUT2D eigenvalue weighted by molar-refractivity contribution is -0.386. The van der Waals surface area contributed by atoms with Gasteiger partial charge in [0.05, 0.1) is 21.5 Å². The quantitative estimate of drug-likeness (QED) is 0.166. The van der Waals surface area contributed by atoms with E-state index < -0.39 is 39.3 Å². The summed E-state index contributed by atoms with van der Waals surface area (Å²) in [5.41, 5.74) is -0.922. The third-order valence-corrected chi connectivity index (χ3v) is 8.72. The maximum atomic E-state index is 15.0. The van der Waals surface area contributed by atoms with Gasteiger partial charge in [-0.15, -0.1) is 0 Å². The van der Waals surface area contributed by atoms with Crippen LogP contribution in [0.15, 0.2) is 83.4 Å². The molecule has 2 spiro atoms. The molecular weight excluding hydrogens is 610 g/mol. The van der Waals surface area contributed by atoms with Gasteiger partial charge in [-0.1, -0.05) is 72.0 Å². The number of aryl methyl sites for hydroxylation is 1. The predicted octanol–water partition coefficient (Wildman–Crippen LogP) is 4.39. The first-order valence-electron chi connectivity index (χ1n) is 14.6. The predicted molar refractivity (Wildman–Crippen MR) is 175 cm³/mol. The van der Waals surface area contributed by atoms with Crippen molar-refractivity contribution in [2.45, 2.75) is 37.6 Å². The van der Waals surface area contributed by atoms with Gasteiger partial charge in [0.1, 0.15) is 5.41 Å². The van der Waals surface area contributed by atoms with Crippen molar-refractivity contribution >= 4 is 51.8 Å². The number of carbonyl (C=O) groups is 2. The molecule has 1 saturated heterocycles. The number of aliphatic hydroxyl groups is 2. The third kappa shape index (κ3) is 4.42. The van der Waals surface area contributed by atoms with Crippen LogP contribution >= 0.6 is 12.2 Å². The molecular formula is C33H33N5O7S. The zero-order valence-electron chi connectivity index (χ0n) is 25.6. The molecule has 2 amide bonds. The summed E-state index contributed by atoms with van der Waals surface area (Å²) < 4.78 is 5.73. The molecule has 0 unspecified atom stereocenters. The van der Waals surface area contributed by atoms with E-state index in [0.29, 0.717) is 28.2 Å². The molecule has 0 bridgehead atoms. The largest absolute Gasteiger partial charge is 0.397 e. The molecule has 3 aliphatic heterocycles. The summed E-state index contributed by atoms with van der Waals surface area (Å²) in [7, 11) is 1.63. The molecule has 0 saturated carbocycles. The average Bonchev–Trinajstić information content (AvgIpc) is 3.70. The average molecular weight is 644 g/mol. The van der Waals surface area contributed by atoms with Crippen LogP contribution in [-0.2, 0) is 20.5 Å². The van der Waals surface area contributed by atoms with Gasteiger partial charge in [0.2, 0.25) is 11.7 Å². The number of hydrogen-bond acceptors (Lipinski definition) is 9. The number of fused-ring (bicyclic) bond motifs is 4. The van der Waals surface area contributed by atoms with E-state index in [0.717, 1.165) is 0 Å². The molecule has 13 heteroatoms. The lowest BCUT2D eigenvalue weighted by atomic mass is 9.63. The fraction of sp³-hybridized carbons (Fsp3) is 0.273. The van der Waals surface area contributed by atoms with Gasteiger partial charge in [0.15, 0.2) is 11.2 Å². The molecule has 3 atom stereocenters. The van der Waals surface area contributed by atoms with E-state index in [-0.39, 0.29) is 29.7 Å². The number of nitrogens with one attached hydrogen (secondary N) is 1. The second-order valence-corrected chi connectivity index (χ2v) is 11.2. The Balaban J connectivity index is 0.000000647. The summed E-state index contributed by atoms with van der Waals surface area (Å²) in [5, 5.41) is 34.7. The molecule has 0 aliphatic carbocycles. The van der Waals surface area contributed by atoms with Crippen LogP contribution in [0.25, 0.3) is 0 Å². The Labute approximate surface area is 270 Å². The number of nitrogens with zero attached hydrogens (tertiary/aromatic N) is 4. The Morgan fingerprint density at radius 1 is 0.935 bits per heavy atom. The molecule has 1 aromatic heterocycles. The van der Waals surface area contributed by atoms with Gasteiger partial charge in [-0.05, 0) is 50.6 Å². The number of amides is 2. The fourth-order valence-electron chi connectivity index (χ4n) is 6.72. The number of benzene rings is 3. The van der Waals surface area contributed by atoms with Crippen molar-refractivity contribution in [3.05, 3.63) is 112 Å². The summed E-state index contributed by atoms with van der Waals surface area (Å²) in [6.07, 6.45) is 0. The van der Waals surface area contributed by atoms with E-state index in [4.69, 9.17) is 27.0 Å². The summed E-state index contributed by atoms with van der Waals surface area (Å²) in [6.45, 7) is 5.32. The van der Waals surface area contributed by atoms with E-state index in [1.807, 2.05) is 24.3 Å². The van der Waals surface area contributed by atoms with Crippen LogP contribution in [0.3, 0.4) is 0 Å². The maximum absolute atomic E-state index is 15.0. The highest BCUT2D eigenvalue weighted by Gasteiger charge is 2.76. The Morgan fingerprint density at radius 2 is 1.48 bits per heavy atom. The smallest absolute Gasteiger partial charge is 0.334 e. The zero-order valence-corrected chi connectivity index (χ0v) is 26.4. The van der Waals surface area contributed by atoms with Crippen molar-refractivity contribution in [2.75, 3.05) is 30.1 Å². The third-order valence-electron chi connectivity index (χ3n) is 8.29. The molecule has 1 fully saturated rings. The van der Waals surface area contributed by atoms with Crippen LogP contribution in [0, 0.1) is 17.0 Å². The Morgan fingerprint density at radius 3 is 2.09 bits per heavy atom. The summed E-state index contributed by atoms with van der Waals surface area (Å²) in [4.78, 5) is 44.3. The zero-order chi connectivity index (χ0) is 33.4. The van der Waals surface area contributed by atoms with E-state index in [1.165, 1.54) is 11.8 Å². The molecule has 3 aliphatic rings. The number of likely N-dealkylation sites (N-methyl/N-ethyl adjacent to an activating group) is 1. The minimum absolute atomic E-state index is 0.0360. The number of carbonyl (C=O) groups excluding carboxylic acids is 2. The Kier molecular flexibility index (Phi) is 8.76. The first kappa shape index (κ1) is 32.4. The molecule has 46 heavy (non-hydrogen) atoms. The standard InChI is InChI=1S/C29H21N5O5S.2C2H6O/c1-16-22(34(37)38)23(39-31-16)24-28(25(40)30-29(24)19-13-7-8-14-20(19)32(2)27(29)36)18-12-6-9-15-21(18)33(26(28)35)17-10-4-3-5-11-17;2*1-2-3/h3-15,24H,1-2H3,(H,30,40);2*3H,2H2,1H3/t24-,28-,29-;;/m0../s1. The van der Waals surface area contributed by atoms with Gasteiger partial charge in [-0.2, -0.15) is 0 Å². The minimum atomic E-state index is -1.72. The highest BCUT2D eigenvalue weighted by Crippen LogP contribution is 2.65. The summed E-state index contributed by atoms with van der Waals surface area (Å²) in [5.74, 6) is -2.31. The van der Waals surface area contributed by atoms with Crippen molar-refractivity contribution in [3.63, 3.8) is 0 Å². The lowest BCUT2D eigenvalue weighted by Crippen LogP contribution is -2.51. The highest BCUT2D eigenvalue weighted by molar-refractivity contribution is 7.80. The molecule has 0 radical (unpaired) electrons. The number of aliphatic hydroxyl groups excluding tert-OH is 2. The SMILES string of the molecule is CCO.CCO.Cc1noc([C@H]2[C@]3(C(=O)N(c4ccccc4)c4ccccc43)C(=S)N[C@]23C(=O)N(C)c2ccccc23)c1[N+](=O)[O-]. The van der Waals surface area contributed by atoms with Gasteiger partial charge in [-0.25, -0.2) is 0 Å². The van der Waals surface area contributed by atoms with Crippen molar-refractivity contribution in [2.24, 2.45) is 0 Å². The van der Waals surface area contributed by atoms with Crippen molar-refractivity contribution in [3.8, 4) is 0 Å². The van der Waals surface area contributed by atoms with Crippen LogP contribution < -0.4 is 15.1 Å². The lowest BCUT2D eigenvalue weighted by Gasteiger charge is -2.33. The monoisotopic (exact) mass is 643 g/mol. The highest BCUT2D eigenvalue weighted by atomic mass is 32.1. The number of anilines is 3. The van der Waals surface area contributed by atoms with Crippen molar-refractivity contribution < 1.29 is 29.2 Å². The number of hydrogen-bond donors (Lipinski definition) is 3. The van der Waals surface area contributed by atoms with Crippen LogP contribution in [0.5, 0.6) is 0 Å². The van der Waals surface area contributed by atoms with E-state index >= 15 is 0 Å². The molecule has 238 valence electrons. The molecule has 4 aromatic rings. The first-order chi connectivity index (χ1) is 22.1. The van der Waals surface area contributed by atoms with E-state index in [9.17, 15) is 19.7 Å². The number of rotatable bonds is 3. The Hall–Kier alpha value is -4.98. The second kappa shape index (κ2) is 12.4. The second-order valence-electron chi connectivity index (χ2n) is 10.7. The van der Waals surface area contributed by atoms with Crippen LogP contribution in [0.4, 0.5) is 22.7 Å². The summed E-state index contributed by atoms with van der Waals surface area (Å²) in [6, 6.07) is 23.4. The van der Waals surface area contributed by atoms with Gasteiger partial charge in [0, 0.05) is 37.2 Å². The van der Waals surface area contributed by atoms with Crippen LogP contribution in [-0.4, -0.2) is 57.4 Å². The van der Waals surface area contributed by atoms with Crippen LogP contribution in [0.2, 0.25) is 0 Å². The molecule has 3 N–H and O–H groups in total. The normalized spacial score (nSPS) is 22.2. The Bertz CT molecular complexity index is 1830. The maximum Gasteiger partial charge on any atom is 0.334 e.